The Morgan fingerprint density at radius 1 is 1.39 bits per heavy atom. The first-order chi connectivity index (χ1) is 8.58. The molecule has 1 aliphatic rings. The first-order valence-corrected chi connectivity index (χ1v) is 6.05. The third kappa shape index (κ3) is 2.68. The van der Waals surface area contributed by atoms with Gasteiger partial charge in [0.2, 0.25) is 11.8 Å². The summed E-state index contributed by atoms with van der Waals surface area (Å²) < 4.78 is 0. The van der Waals surface area contributed by atoms with Gasteiger partial charge in [0, 0.05) is 24.3 Å². The number of nitrogens with one attached hydrogen (secondary N) is 1. The number of rotatable bonds is 3. The van der Waals surface area contributed by atoms with Crippen molar-refractivity contribution in [1.82, 2.24) is 0 Å². The van der Waals surface area contributed by atoms with E-state index in [0.717, 1.165) is 18.7 Å². The van der Waals surface area contributed by atoms with Gasteiger partial charge in [0.15, 0.2) is 0 Å². The molecule has 96 valence electrons. The van der Waals surface area contributed by atoms with Crippen LogP contribution < -0.4 is 16.0 Å². The summed E-state index contributed by atoms with van der Waals surface area (Å²) in [5, 5.41) is 2.70. The molecular weight excluding hydrogens is 230 g/mol. The van der Waals surface area contributed by atoms with E-state index in [1.54, 1.807) is 24.0 Å². The average molecular weight is 247 g/mol. The minimum atomic E-state index is -0.537. The van der Waals surface area contributed by atoms with E-state index in [9.17, 15) is 9.59 Å². The van der Waals surface area contributed by atoms with E-state index in [4.69, 9.17) is 5.73 Å². The fourth-order valence-corrected chi connectivity index (χ4v) is 1.90. The van der Waals surface area contributed by atoms with Crippen molar-refractivity contribution in [3.8, 4) is 0 Å². The second kappa shape index (κ2) is 5.18. The van der Waals surface area contributed by atoms with Crippen LogP contribution in [0, 0.1) is 0 Å². The van der Waals surface area contributed by atoms with Crippen LogP contribution in [0.3, 0.4) is 0 Å². The summed E-state index contributed by atoms with van der Waals surface area (Å²) in [6.07, 6.45) is 1.52. The quantitative estimate of drug-likeness (QED) is 0.839. The minimum Gasteiger partial charge on any atom is -0.325 e. The molecule has 2 amide bonds. The van der Waals surface area contributed by atoms with Crippen LogP contribution in [0.5, 0.6) is 0 Å². The van der Waals surface area contributed by atoms with Gasteiger partial charge >= 0.3 is 0 Å². The molecule has 2 rings (SSSR count). The molecule has 1 aromatic rings. The lowest BCUT2D eigenvalue weighted by Gasteiger charge is -2.16. The Hall–Kier alpha value is -1.88. The predicted molar refractivity (Wildman–Crippen MR) is 70.3 cm³/mol. The molecule has 0 radical (unpaired) electrons. The van der Waals surface area contributed by atoms with Crippen molar-refractivity contribution in [1.29, 1.82) is 0 Å². The fourth-order valence-electron chi connectivity index (χ4n) is 1.90. The summed E-state index contributed by atoms with van der Waals surface area (Å²) in [7, 11) is 0. The maximum atomic E-state index is 11.6. The molecule has 3 N–H and O–H groups in total. The average Bonchev–Trinajstić information content (AvgIpc) is 2.76. The van der Waals surface area contributed by atoms with E-state index in [1.807, 2.05) is 12.1 Å². The lowest BCUT2D eigenvalue weighted by Crippen LogP contribution is -2.32. The molecule has 0 unspecified atom stereocenters. The summed E-state index contributed by atoms with van der Waals surface area (Å²) in [5.74, 6) is -0.0673. The molecule has 1 aliphatic heterocycles. The Kier molecular flexibility index (Phi) is 3.62. The lowest BCUT2D eigenvalue weighted by atomic mass is 10.2. The van der Waals surface area contributed by atoms with E-state index in [2.05, 4.69) is 5.32 Å². The van der Waals surface area contributed by atoms with Crippen molar-refractivity contribution >= 4 is 23.2 Å². The molecule has 0 bridgehead atoms. The van der Waals surface area contributed by atoms with Crippen LogP contribution in [0.25, 0.3) is 0 Å². The van der Waals surface area contributed by atoms with Crippen LogP contribution in [-0.2, 0) is 9.59 Å². The van der Waals surface area contributed by atoms with Crippen LogP contribution >= 0.6 is 0 Å². The Morgan fingerprint density at radius 2 is 2.06 bits per heavy atom. The van der Waals surface area contributed by atoms with Gasteiger partial charge in [-0.3, -0.25) is 9.59 Å². The van der Waals surface area contributed by atoms with Gasteiger partial charge in [-0.05, 0) is 37.6 Å². The molecule has 1 saturated heterocycles. The summed E-state index contributed by atoms with van der Waals surface area (Å²) >= 11 is 0. The topological polar surface area (TPSA) is 75.4 Å². The predicted octanol–water partition coefficient (Wildman–Crippen LogP) is 1.10. The van der Waals surface area contributed by atoms with Gasteiger partial charge < -0.3 is 16.0 Å². The Bertz CT molecular complexity index is 454. The van der Waals surface area contributed by atoms with Crippen LogP contribution in [-0.4, -0.2) is 24.4 Å². The van der Waals surface area contributed by atoms with Crippen molar-refractivity contribution in [2.24, 2.45) is 5.73 Å². The maximum Gasteiger partial charge on any atom is 0.240 e. The molecule has 18 heavy (non-hydrogen) atoms. The summed E-state index contributed by atoms with van der Waals surface area (Å²) in [6, 6.07) is 6.69. The summed E-state index contributed by atoms with van der Waals surface area (Å²) in [4.78, 5) is 24.7. The highest BCUT2D eigenvalue weighted by Gasteiger charge is 2.21. The highest BCUT2D eigenvalue weighted by atomic mass is 16.2. The van der Waals surface area contributed by atoms with Gasteiger partial charge in [-0.1, -0.05) is 0 Å². The number of carbonyl (C=O) groups excluding carboxylic acids is 2. The Balaban J connectivity index is 2.06. The second-order valence-corrected chi connectivity index (χ2v) is 4.47. The summed E-state index contributed by atoms with van der Waals surface area (Å²) in [6.45, 7) is 2.40. The third-order valence-corrected chi connectivity index (χ3v) is 2.93. The first kappa shape index (κ1) is 12.6. The number of anilines is 2. The van der Waals surface area contributed by atoms with Crippen LogP contribution in [0.4, 0.5) is 11.4 Å². The van der Waals surface area contributed by atoms with Crippen LogP contribution in [0.2, 0.25) is 0 Å². The number of hydrogen-bond donors (Lipinski definition) is 2. The van der Waals surface area contributed by atoms with E-state index in [0.29, 0.717) is 12.1 Å². The largest absolute Gasteiger partial charge is 0.325 e. The van der Waals surface area contributed by atoms with Crippen molar-refractivity contribution < 1.29 is 9.59 Å². The molecule has 0 aliphatic carbocycles. The number of nitrogens with two attached hydrogens (primary N) is 1. The monoisotopic (exact) mass is 247 g/mol. The molecule has 1 aromatic carbocycles. The Labute approximate surface area is 106 Å². The van der Waals surface area contributed by atoms with Gasteiger partial charge in [0.1, 0.15) is 0 Å². The van der Waals surface area contributed by atoms with Crippen molar-refractivity contribution in [3.05, 3.63) is 24.3 Å². The minimum absolute atomic E-state index is 0.155. The van der Waals surface area contributed by atoms with Gasteiger partial charge in [0.25, 0.3) is 0 Å². The lowest BCUT2D eigenvalue weighted by molar-refractivity contribution is -0.117. The van der Waals surface area contributed by atoms with E-state index in [-0.39, 0.29) is 11.8 Å². The van der Waals surface area contributed by atoms with Crippen molar-refractivity contribution in [3.63, 3.8) is 0 Å². The standard InChI is InChI=1S/C13H17N3O2/c1-9(14)13(18)15-10-4-6-11(7-5-10)16-8-2-3-12(16)17/h4-7,9H,2-3,8,14H2,1H3,(H,15,18)/t9-/m1/s1. The van der Waals surface area contributed by atoms with Crippen molar-refractivity contribution in [2.75, 3.05) is 16.8 Å². The molecule has 1 atom stereocenters. The number of hydrogen-bond acceptors (Lipinski definition) is 3. The van der Waals surface area contributed by atoms with E-state index < -0.39 is 6.04 Å². The van der Waals surface area contributed by atoms with Gasteiger partial charge in [-0.25, -0.2) is 0 Å². The highest BCUT2D eigenvalue weighted by molar-refractivity contribution is 5.96. The molecule has 1 fully saturated rings. The zero-order valence-electron chi connectivity index (χ0n) is 10.3. The van der Waals surface area contributed by atoms with Crippen LogP contribution in [0.15, 0.2) is 24.3 Å². The fraction of sp³-hybridized carbons (Fsp3) is 0.385. The number of carbonyl (C=O) groups is 2. The SMILES string of the molecule is C[C@@H](N)C(=O)Nc1ccc(N2CCCC2=O)cc1. The van der Waals surface area contributed by atoms with E-state index >= 15 is 0 Å². The molecule has 0 aromatic heterocycles. The zero-order chi connectivity index (χ0) is 13.1. The van der Waals surface area contributed by atoms with E-state index in [1.165, 1.54) is 0 Å². The molecule has 5 heteroatoms. The normalized spacial score (nSPS) is 16.8. The molecule has 0 saturated carbocycles. The molecule has 0 spiro atoms. The number of benzene rings is 1. The molecule has 5 nitrogen and oxygen atoms in total. The molecule has 1 heterocycles. The number of nitrogens with zero attached hydrogens (tertiary/aromatic N) is 1. The smallest absolute Gasteiger partial charge is 0.240 e. The maximum absolute atomic E-state index is 11.6. The zero-order valence-corrected chi connectivity index (χ0v) is 10.3. The third-order valence-electron chi connectivity index (χ3n) is 2.93. The van der Waals surface area contributed by atoms with Gasteiger partial charge in [-0.2, -0.15) is 0 Å². The van der Waals surface area contributed by atoms with Gasteiger partial charge in [0.05, 0.1) is 6.04 Å². The molecular formula is C13H17N3O2. The number of amides is 2. The van der Waals surface area contributed by atoms with Crippen LogP contribution in [0.1, 0.15) is 19.8 Å². The second-order valence-electron chi connectivity index (χ2n) is 4.47. The van der Waals surface area contributed by atoms with Crippen molar-refractivity contribution in [2.45, 2.75) is 25.8 Å². The van der Waals surface area contributed by atoms with Gasteiger partial charge in [-0.15, -0.1) is 0 Å². The summed E-state index contributed by atoms with van der Waals surface area (Å²) in [5.41, 5.74) is 7.03. The highest BCUT2D eigenvalue weighted by Crippen LogP contribution is 2.22. The first-order valence-electron chi connectivity index (χ1n) is 6.05. The Morgan fingerprint density at radius 3 is 2.56 bits per heavy atom.